The van der Waals surface area contributed by atoms with Crippen LogP contribution in [0.1, 0.15) is 38.5 Å². The molecule has 12 nitrogen and oxygen atoms in total. The maximum absolute atomic E-state index is 8.82. The van der Waals surface area contributed by atoms with Gasteiger partial charge in [0, 0.05) is 0 Å². The van der Waals surface area contributed by atoms with Crippen LogP contribution in [0, 0.1) is 0 Å². The zero-order valence-electron chi connectivity index (χ0n) is 19.5. The van der Waals surface area contributed by atoms with Gasteiger partial charge < -0.3 is 69.4 Å². The maximum atomic E-state index is 8.82. The zero-order chi connectivity index (χ0) is 23.5. The Balaban J connectivity index is 0.000000480. The van der Waals surface area contributed by atoms with Gasteiger partial charge in [0.05, 0.1) is 54.4 Å². The summed E-state index contributed by atoms with van der Waals surface area (Å²) >= 11 is 0. The van der Waals surface area contributed by atoms with Crippen molar-refractivity contribution < 1.29 is 69.4 Å². The van der Waals surface area contributed by atoms with E-state index in [4.69, 9.17) is 25.1 Å². The van der Waals surface area contributed by atoms with Crippen LogP contribution >= 0.6 is 0 Å². The molecule has 0 aromatic heterocycles. The summed E-state index contributed by atoms with van der Waals surface area (Å²) in [5.41, 5.74) is 0. The molecular formula is C14H37B5ClN2O10+. The number of quaternary nitrogens is 2. The molecule has 3 saturated heterocycles. The molecule has 3 rings (SSSR count). The van der Waals surface area contributed by atoms with Crippen LogP contribution in [0.25, 0.3) is 0 Å². The quantitative estimate of drug-likeness (QED) is 0.167. The summed E-state index contributed by atoms with van der Waals surface area (Å²) in [6.45, 7) is 5.56. The Kier molecular flexibility index (Phi) is 16.0. The van der Waals surface area contributed by atoms with E-state index < -0.39 is 36.6 Å². The van der Waals surface area contributed by atoms with Crippen LogP contribution in [0.3, 0.4) is 0 Å². The average Bonchev–Trinajstić information content (AvgIpc) is 2.60. The van der Waals surface area contributed by atoms with Gasteiger partial charge in [-0.2, -0.15) is 0 Å². The van der Waals surface area contributed by atoms with Gasteiger partial charge in [0.1, 0.15) is 0 Å². The number of hydrogen-bond donors (Lipinski definition) is 5. The lowest BCUT2D eigenvalue weighted by atomic mass is 9.98. The average molecular weight is 483 g/mol. The Morgan fingerprint density at radius 1 is 0.438 bits per heavy atom. The summed E-state index contributed by atoms with van der Waals surface area (Å²) in [5, 5.41) is 44.1. The molecule has 0 amide bonds. The standard InChI is InChI=1S/2C7H16N.B5H5O10.ClH/c2*1-8(2)6-4-3-5-7-8;6-1-11-2(7)13-4(9)15-5(10)14-3(8)12-1;/h2*3-7H2,1-2H3;6-10H;1H/q2*+1;;/p-1. The molecule has 0 atom stereocenters. The van der Waals surface area contributed by atoms with Gasteiger partial charge in [0.2, 0.25) is 0 Å². The van der Waals surface area contributed by atoms with Crippen molar-refractivity contribution in [3.63, 3.8) is 0 Å². The minimum Gasteiger partial charge on any atom is -1.00 e. The molecule has 0 unspecified atom stereocenters. The molecule has 18 heteroatoms. The van der Waals surface area contributed by atoms with Crippen molar-refractivity contribution in [3.05, 3.63) is 0 Å². The summed E-state index contributed by atoms with van der Waals surface area (Å²) in [6, 6.07) is 0. The third kappa shape index (κ3) is 15.9. The van der Waals surface area contributed by atoms with Crippen LogP contribution in [0.15, 0.2) is 0 Å². The van der Waals surface area contributed by atoms with Crippen molar-refractivity contribution in [2.24, 2.45) is 0 Å². The summed E-state index contributed by atoms with van der Waals surface area (Å²) in [4.78, 5) is 0. The monoisotopic (exact) mass is 483 g/mol. The van der Waals surface area contributed by atoms with Gasteiger partial charge in [0.15, 0.2) is 0 Å². The van der Waals surface area contributed by atoms with Crippen molar-refractivity contribution in [1.29, 1.82) is 0 Å². The lowest BCUT2D eigenvalue weighted by Gasteiger charge is -2.33. The van der Waals surface area contributed by atoms with Gasteiger partial charge >= 0.3 is 36.6 Å². The van der Waals surface area contributed by atoms with Crippen LogP contribution in [-0.4, -0.2) is 125 Å². The summed E-state index contributed by atoms with van der Waals surface area (Å²) < 4.78 is 23.0. The molecule has 0 saturated carbocycles. The molecule has 3 fully saturated rings. The maximum Gasteiger partial charge on any atom is 0.612 e. The van der Waals surface area contributed by atoms with E-state index in [0.717, 1.165) is 0 Å². The molecule has 3 aliphatic heterocycles. The van der Waals surface area contributed by atoms with Gasteiger partial charge in [-0.1, -0.05) is 0 Å². The molecule has 0 radical (unpaired) electrons. The molecule has 0 spiro atoms. The van der Waals surface area contributed by atoms with Gasteiger partial charge in [-0.05, 0) is 38.5 Å². The Morgan fingerprint density at radius 3 is 0.750 bits per heavy atom. The number of halogens is 1. The lowest BCUT2D eigenvalue weighted by molar-refractivity contribution is -0.894. The highest BCUT2D eigenvalue weighted by Crippen LogP contribution is 2.12. The summed E-state index contributed by atoms with van der Waals surface area (Å²) in [6.07, 6.45) is 8.67. The summed E-state index contributed by atoms with van der Waals surface area (Å²) in [7, 11) is -1.18. The second kappa shape index (κ2) is 15.9. The van der Waals surface area contributed by atoms with Crippen molar-refractivity contribution in [2.75, 3.05) is 54.4 Å². The van der Waals surface area contributed by atoms with Crippen LogP contribution in [0.4, 0.5) is 0 Å². The lowest BCUT2D eigenvalue weighted by Crippen LogP contribution is -3.00. The van der Waals surface area contributed by atoms with Crippen LogP contribution < -0.4 is 12.4 Å². The first-order chi connectivity index (χ1) is 14.4. The SMILES string of the molecule is C[N+]1(C)CCCCC1.C[N+]1(C)CCCCC1.OB1OB(O)OB(O)OB(O)OB(O)O1.[Cl-]. The minimum absolute atomic E-state index is 0. The first-order valence-electron chi connectivity index (χ1n) is 10.7. The highest BCUT2D eigenvalue weighted by molar-refractivity contribution is 6.65. The van der Waals surface area contributed by atoms with E-state index in [2.05, 4.69) is 51.0 Å². The molecule has 3 heterocycles. The third-order valence-electron chi connectivity index (χ3n) is 5.22. The fraction of sp³-hybridized carbons (Fsp3) is 1.00. The van der Waals surface area contributed by atoms with Gasteiger partial charge in [-0.3, -0.25) is 0 Å². The Hall–Kier alpha value is 0.135. The Morgan fingerprint density at radius 2 is 0.625 bits per heavy atom. The number of hydrogen-bond acceptors (Lipinski definition) is 10. The number of nitrogens with zero attached hydrogens (tertiary/aromatic N) is 2. The second-order valence-electron chi connectivity index (χ2n) is 9.10. The highest BCUT2D eigenvalue weighted by atomic mass is 35.5. The predicted octanol–water partition coefficient (Wildman–Crippen LogP) is -5.53. The van der Waals surface area contributed by atoms with Crippen LogP contribution in [0.2, 0.25) is 0 Å². The molecule has 32 heavy (non-hydrogen) atoms. The normalized spacial score (nSPS) is 23.7. The highest BCUT2D eigenvalue weighted by Gasteiger charge is 2.41. The van der Waals surface area contributed by atoms with Gasteiger partial charge in [-0.15, -0.1) is 0 Å². The van der Waals surface area contributed by atoms with E-state index in [1.54, 1.807) is 0 Å². The van der Waals surface area contributed by atoms with Crippen molar-refractivity contribution in [3.8, 4) is 0 Å². The fourth-order valence-electron chi connectivity index (χ4n) is 3.39. The summed E-state index contributed by atoms with van der Waals surface area (Å²) in [5.74, 6) is 0. The van der Waals surface area contributed by atoms with E-state index in [9.17, 15) is 0 Å². The molecular weight excluding hydrogens is 446 g/mol. The van der Waals surface area contributed by atoms with E-state index >= 15 is 0 Å². The van der Waals surface area contributed by atoms with E-state index in [1.165, 1.54) is 73.7 Å². The molecule has 0 aromatic carbocycles. The van der Waals surface area contributed by atoms with Crippen molar-refractivity contribution in [2.45, 2.75) is 38.5 Å². The molecule has 5 N–H and O–H groups in total. The molecule has 184 valence electrons. The smallest absolute Gasteiger partial charge is 0.612 e. The molecule has 3 aliphatic rings. The first kappa shape index (κ1) is 32.1. The van der Waals surface area contributed by atoms with Crippen LogP contribution in [-0.2, 0) is 22.9 Å². The van der Waals surface area contributed by atoms with Crippen molar-refractivity contribution >= 4 is 36.6 Å². The first-order valence-corrected chi connectivity index (χ1v) is 10.7. The number of piperidine rings is 2. The molecule has 0 bridgehead atoms. The molecule has 0 aliphatic carbocycles. The topological polar surface area (TPSA) is 147 Å². The second-order valence-corrected chi connectivity index (χ2v) is 9.10. The molecule has 0 aromatic rings. The van der Waals surface area contributed by atoms with E-state index in [1.807, 2.05) is 0 Å². The van der Waals surface area contributed by atoms with Gasteiger partial charge in [-0.25, -0.2) is 0 Å². The zero-order valence-corrected chi connectivity index (χ0v) is 20.3. The Bertz CT molecular complexity index is 410. The third-order valence-corrected chi connectivity index (χ3v) is 5.22. The van der Waals surface area contributed by atoms with Crippen molar-refractivity contribution in [1.82, 2.24) is 0 Å². The largest absolute Gasteiger partial charge is 1.00 e. The number of rotatable bonds is 0. The predicted molar refractivity (Wildman–Crippen MR) is 117 cm³/mol. The minimum atomic E-state index is -2.09. The van der Waals surface area contributed by atoms with Crippen LogP contribution in [0.5, 0.6) is 0 Å². The number of likely N-dealkylation sites (tertiary alicyclic amines) is 2. The van der Waals surface area contributed by atoms with E-state index in [0.29, 0.717) is 0 Å². The van der Waals surface area contributed by atoms with Gasteiger partial charge in [0.25, 0.3) is 0 Å². The Labute approximate surface area is 199 Å². The van der Waals surface area contributed by atoms with E-state index in [-0.39, 0.29) is 12.4 Å². The fourth-order valence-corrected chi connectivity index (χ4v) is 3.39.